The lowest BCUT2D eigenvalue weighted by Crippen LogP contribution is -2.34. The highest BCUT2D eigenvalue weighted by Crippen LogP contribution is 2.37. The van der Waals surface area contributed by atoms with Crippen LogP contribution >= 0.6 is 15.9 Å². The van der Waals surface area contributed by atoms with Crippen LogP contribution in [-0.2, 0) is 0 Å². The fourth-order valence-electron chi connectivity index (χ4n) is 2.82. The molecule has 0 bridgehead atoms. The maximum absolute atomic E-state index is 12.5. The van der Waals surface area contributed by atoms with Crippen LogP contribution in [0.1, 0.15) is 56.8 Å². The van der Waals surface area contributed by atoms with Crippen molar-refractivity contribution in [1.29, 1.82) is 0 Å². The van der Waals surface area contributed by atoms with E-state index in [1.165, 1.54) is 0 Å². The van der Waals surface area contributed by atoms with E-state index in [4.69, 9.17) is 0 Å². The summed E-state index contributed by atoms with van der Waals surface area (Å²) >= 11 is 3.39. The summed E-state index contributed by atoms with van der Waals surface area (Å²) in [7, 11) is 0. The lowest BCUT2D eigenvalue weighted by Gasteiger charge is -2.18. The van der Waals surface area contributed by atoms with Crippen molar-refractivity contribution in [3.63, 3.8) is 0 Å². The molecule has 0 radical (unpaired) electrons. The number of nitrogens with zero attached hydrogens (tertiary/aromatic N) is 1. The minimum absolute atomic E-state index is 0.0369. The predicted octanol–water partition coefficient (Wildman–Crippen LogP) is 3.97. The van der Waals surface area contributed by atoms with Crippen molar-refractivity contribution in [2.75, 3.05) is 11.9 Å². The molecule has 1 aliphatic carbocycles. The monoisotopic (exact) mass is 353 g/mol. The van der Waals surface area contributed by atoms with Gasteiger partial charge in [0.1, 0.15) is 5.82 Å². The second-order valence-corrected chi connectivity index (χ2v) is 7.47. The molecular weight excluding hydrogens is 330 g/mol. The average Bonchev–Trinajstić information content (AvgIpc) is 2.76. The van der Waals surface area contributed by atoms with Gasteiger partial charge >= 0.3 is 0 Å². The van der Waals surface area contributed by atoms with Gasteiger partial charge in [-0.1, -0.05) is 20.8 Å². The third-order valence-corrected chi connectivity index (χ3v) is 4.38. The highest BCUT2D eigenvalue weighted by atomic mass is 79.9. The molecule has 1 heterocycles. The Morgan fingerprint density at radius 1 is 1.52 bits per heavy atom. The van der Waals surface area contributed by atoms with Crippen LogP contribution in [0.15, 0.2) is 16.7 Å². The van der Waals surface area contributed by atoms with Gasteiger partial charge in [-0.15, -0.1) is 0 Å². The van der Waals surface area contributed by atoms with Gasteiger partial charge in [0, 0.05) is 23.3 Å². The van der Waals surface area contributed by atoms with Crippen molar-refractivity contribution in [3.05, 3.63) is 22.3 Å². The van der Waals surface area contributed by atoms with Gasteiger partial charge in [0.2, 0.25) is 0 Å². The number of nitrogens with one attached hydrogen (secondary N) is 2. The fraction of sp³-hybridized carbons (Fsp3) is 0.625. The minimum Gasteiger partial charge on any atom is -0.369 e. The van der Waals surface area contributed by atoms with E-state index < -0.39 is 0 Å². The van der Waals surface area contributed by atoms with Crippen molar-refractivity contribution in [2.45, 2.75) is 52.5 Å². The van der Waals surface area contributed by atoms with Crippen molar-refractivity contribution < 1.29 is 4.79 Å². The molecular formula is C16H24BrN3O. The van der Waals surface area contributed by atoms with E-state index >= 15 is 0 Å². The van der Waals surface area contributed by atoms with E-state index in [2.05, 4.69) is 52.3 Å². The minimum atomic E-state index is -0.0369. The van der Waals surface area contributed by atoms with Crippen LogP contribution in [0.25, 0.3) is 0 Å². The molecule has 1 amide bonds. The molecule has 1 fully saturated rings. The summed E-state index contributed by atoms with van der Waals surface area (Å²) in [6.07, 6.45) is 5.97. The van der Waals surface area contributed by atoms with Gasteiger partial charge in [0.25, 0.3) is 5.91 Å². The van der Waals surface area contributed by atoms with Gasteiger partial charge in [0.05, 0.1) is 5.56 Å². The van der Waals surface area contributed by atoms with Crippen LogP contribution in [0.3, 0.4) is 0 Å². The van der Waals surface area contributed by atoms with E-state index in [0.717, 1.165) is 36.7 Å². The van der Waals surface area contributed by atoms with E-state index in [9.17, 15) is 4.79 Å². The molecule has 1 saturated carbocycles. The molecule has 116 valence electrons. The maximum Gasteiger partial charge on any atom is 0.255 e. The Balaban J connectivity index is 2.09. The fourth-order valence-corrected chi connectivity index (χ4v) is 3.15. The molecule has 2 rings (SSSR count). The Morgan fingerprint density at radius 3 is 2.90 bits per heavy atom. The third-order valence-electron chi connectivity index (χ3n) is 3.95. The Kier molecular flexibility index (Phi) is 5.25. The molecule has 1 aromatic heterocycles. The molecule has 2 N–H and O–H groups in total. The zero-order valence-electron chi connectivity index (χ0n) is 13.0. The number of rotatable bonds is 5. The third kappa shape index (κ3) is 4.43. The van der Waals surface area contributed by atoms with Crippen LogP contribution in [0.4, 0.5) is 5.82 Å². The first-order valence-corrected chi connectivity index (χ1v) is 8.41. The summed E-state index contributed by atoms with van der Waals surface area (Å²) < 4.78 is 0.821. The van der Waals surface area contributed by atoms with Crippen LogP contribution in [0.5, 0.6) is 0 Å². The van der Waals surface area contributed by atoms with Gasteiger partial charge in [-0.05, 0) is 53.1 Å². The molecule has 0 saturated heterocycles. The number of anilines is 1. The van der Waals surface area contributed by atoms with Gasteiger partial charge in [-0.2, -0.15) is 0 Å². The predicted molar refractivity (Wildman–Crippen MR) is 89.6 cm³/mol. The second kappa shape index (κ2) is 6.77. The first-order chi connectivity index (χ1) is 9.91. The molecule has 1 unspecified atom stereocenters. The number of amides is 1. The molecule has 1 aromatic rings. The summed E-state index contributed by atoms with van der Waals surface area (Å²) in [5.41, 5.74) is 0.944. The standard InChI is InChI=1S/C16H24BrN3O/c1-4-7-18-14-13(8-11(17)10-19-14)15(21)20-12-5-6-16(2,3)9-12/h8,10,12H,4-7,9H2,1-3H3,(H,18,19)(H,20,21). The van der Waals surface area contributed by atoms with Crippen molar-refractivity contribution >= 4 is 27.7 Å². The quantitative estimate of drug-likeness (QED) is 0.841. The Hall–Kier alpha value is -1.10. The van der Waals surface area contributed by atoms with Crippen LogP contribution in [-0.4, -0.2) is 23.5 Å². The summed E-state index contributed by atoms with van der Waals surface area (Å²) in [6.45, 7) is 7.42. The maximum atomic E-state index is 12.5. The van der Waals surface area contributed by atoms with E-state index in [1.807, 2.05) is 6.07 Å². The van der Waals surface area contributed by atoms with Crippen molar-refractivity contribution in [1.82, 2.24) is 10.3 Å². The Labute approximate surface area is 135 Å². The smallest absolute Gasteiger partial charge is 0.255 e. The van der Waals surface area contributed by atoms with Crippen LogP contribution in [0.2, 0.25) is 0 Å². The molecule has 0 aliphatic heterocycles. The number of hydrogen-bond donors (Lipinski definition) is 2. The topological polar surface area (TPSA) is 54.0 Å². The highest BCUT2D eigenvalue weighted by Gasteiger charge is 2.32. The molecule has 21 heavy (non-hydrogen) atoms. The normalized spacial score (nSPS) is 20.3. The lowest BCUT2D eigenvalue weighted by molar-refractivity contribution is 0.0936. The number of halogens is 1. The zero-order valence-corrected chi connectivity index (χ0v) is 14.6. The molecule has 0 spiro atoms. The van der Waals surface area contributed by atoms with Gasteiger partial charge in [0.15, 0.2) is 0 Å². The van der Waals surface area contributed by atoms with Crippen LogP contribution in [0, 0.1) is 5.41 Å². The summed E-state index contributed by atoms with van der Waals surface area (Å²) in [4.78, 5) is 16.9. The molecule has 1 atom stereocenters. The summed E-state index contributed by atoms with van der Waals surface area (Å²) in [5.74, 6) is 0.625. The van der Waals surface area contributed by atoms with E-state index in [1.54, 1.807) is 6.20 Å². The Bertz CT molecular complexity index is 516. The van der Waals surface area contributed by atoms with Crippen molar-refractivity contribution in [2.24, 2.45) is 5.41 Å². The molecule has 4 nitrogen and oxygen atoms in total. The summed E-state index contributed by atoms with van der Waals surface area (Å²) in [6, 6.07) is 2.10. The first-order valence-electron chi connectivity index (χ1n) is 7.61. The number of carbonyl (C=O) groups is 1. The molecule has 1 aliphatic rings. The first kappa shape index (κ1) is 16.3. The second-order valence-electron chi connectivity index (χ2n) is 6.55. The molecule has 0 aromatic carbocycles. The Morgan fingerprint density at radius 2 is 2.29 bits per heavy atom. The largest absolute Gasteiger partial charge is 0.369 e. The SMILES string of the molecule is CCCNc1ncc(Br)cc1C(=O)NC1CCC(C)(C)C1. The average molecular weight is 354 g/mol. The lowest BCUT2D eigenvalue weighted by atomic mass is 9.92. The van der Waals surface area contributed by atoms with E-state index in [-0.39, 0.29) is 11.9 Å². The van der Waals surface area contributed by atoms with Gasteiger partial charge < -0.3 is 10.6 Å². The number of hydrogen-bond acceptors (Lipinski definition) is 3. The van der Waals surface area contributed by atoms with E-state index in [0.29, 0.717) is 16.8 Å². The highest BCUT2D eigenvalue weighted by molar-refractivity contribution is 9.10. The van der Waals surface area contributed by atoms with Crippen LogP contribution < -0.4 is 10.6 Å². The number of pyridine rings is 1. The summed E-state index contributed by atoms with van der Waals surface area (Å²) in [5, 5.41) is 6.37. The number of aromatic nitrogens is 1. The van der Waals surface area contributed by atoms with Crippen molar-refractivity contribution in [3.8, 4) is 0 Å². The molecule has 5 heteroatoms. The van der Waals surface area contributed by atoms with Gasteiger partial charge in [-0.25, -0.2) is 4.98 Å². The zero-order chi connectivity index (χ0) is 15.5. The van der Waals surface area contributed by atoms with Gasteiger partial charge in [-0.3, -0.25) is 4.79 Å². The number of carbonyl (C=O) groups excluding carboxylic acids is 1.